The van der Waals surface area contributed by atoms with Gasteiger partial charge in [-0.2, -0.15) is 0 Å². The quantitative estimate of drug-likeness (QED) is 0.818. The van der Waals surface area contributed by atoms with Crippen LogP contribution in [-0.4, -0.2) is 11.6 Å². The van der Waals surface area contributed by atoms with Crippen molar-refractivity contribution in [3.05, 3.63) is 48.0 Å². The molecule has 0 radical (unpaired) electrons. The summed E-state index contributed by atoms with van der Waals surface area (Å²) in [5.41, 5.74) is 7.73. The van der Waals surface area contributed by atoms with Crippen molar-refractivity contribution in [3.8, 4) is 5.88 Å². The van der Waals surface area contributed by atoms with Crippen molar-refractivity contribution < 1.29 is 4.74 Å². The van der Waals surface area contributed by atoms with Gasteiger partial charge in [-0.25, -0.2) is 4.98 Å². The second-order valence-corrected chi connectivity index (χ2v) is 3.72. The van der Waals surface area contributed by atoms with Gasteiger partial charge in [0.15, 0.2) is 0 Å². The van der Waals surface area contributed by atoms with Gasteiger partial charge < -0.3 is 10.5 Å². The predicted molar refractivity (Wildman–Crippen MR) is 69.9 cm³/mol. The van der Waals surface area contributed by atoms with Gasteiger partial charge >= 0.3 is 0 Å². The Balaban J connectivity index is 2.38. The van der Waals surface area contributed by atoms with Crippen LogP contribution < -0.4 is 10.5 Å². The average molecular weight is 228 g/mol. The number of hydrogen-bond acceptors (Lipinski definition) is 3. The second-order valence-electron chi connectivity index (χ2n) is 3.72. The van der Waals surface area contributed by atoms with Gasteiger partial charge in [0.25, 0.3) is 0 Å². The highest BCUT2D eigenvalue weighted by Crippen LogP contribution is 2.21. The van der Waals surface area contributed by atoms with E-state index in [1.165, 1.54) is 0 Å². The Kier molecular flexibility index (Phi) is 3.73. The van der Waals surface area contributed by atoms with Crippen LogP contribution in [0.2, 0.25) is 0 Å². The summed E-state index contributed by atoms with van der Waals surface area (Å²) in [6.45, 7) is 2.98. The van der Waals surface area contributed by atoms with Crippen molar-refractivity contribution in [2.24, 2.45) is 5.73 Å². The monoisotopic (exact) mass is 228 g/mol. The summed E-state index contributed by atoms with van der Waals surface area (Å²) in [4.78, 5) is 4.44. The van der Waals surface area contributed by atoms with E-state index in [0.29, 0.717) is 19.0 Å². The van der Waals surface area contributed by atoms with Crippen LogP contribution in [0.15, 0.2) is 42.5 Å². The summed E-state index contributed by atoms with van der Waals surface area (Å²) in [5.74, 6) is 0.627. The highest BCUT2D eigenvalue weighted by Gasteiger charge is 2.04. The number of fused-ring (bicyclic) bond motifs is 1. The fourth-order valence-corrected chi connectivity index (χ4v) is 1.69. The Morgan fingerprint density at radius 1 is 1.35 bits per heavy atom. The van der Waals surface area contributed by atoms with E-state index in [4.69, 9.17) is 10.5 Å². The number of ether oxygens (including phenoxy) is 1. The summed E-state index contributed by atoms with van der Waals surface area (Å²) >= 11 is 0. The number of allylic oxidation sites excluding steroid dienone is 1. The number of aromatic nitrogens is 1. The fourth-order valence-electron chi connectivity index (χ4n) is 1.69. The molecule has 2 rings (SSSR count). The van der Waals surface area contributed by atoms with Crippen molar-refractivity contribution in [3.63, 3.8) is 0 Å². The van der Waals surface area contributed by atoms with E-state index in [1.54, 1.807) is 0 Å². The van der Waals surface area contributed by atoms with Crippen LogP contribution in [0.1, 0.15) is 12.5 Å². The first kappa shape index (κ1) is 11.6. The summed E-state index contributed by atoms with van der Waals surface area (Å²) in [5, 5.41) is 1.09. The van der Waals surface area contributed by atoms with Crippen LogP contribution >= 0.6 is 0 Å². The van der Waals surface area contributed by atoms with Gasteiger partial charge in [-0.15, -0.1) is 0 Å². The predicted octanol–water partition coefficient (Wildman–Crippen LogP) is 2.65. The van der Waals surface area contributed by atoms with E-state index in [2.05, 4.69) is 4.98 Å². The van der Waals surface area contributed by atoms with Gasteiger partial charge in [-0.3, -0.25) is 0 Å². The van der Waals surface area contributed by atoms with Gasteiger partial charge in [0.1, 0.15) is 6.61 Å². The SMILES string of the molecule is CC=CCOc1cc(CN)c2ccccc2n1. The number of para-hydroxylation sites is 1. The van der Waals surface area contributed by atoms with E-state index in [0.717, 1.165) is 16.5 Å². The first-order valence-corrected chi connectivity index (χ1v) is 5.68. The van der Waals surface area contributed by atoms with Gasteiger partial charge in [-0.1, -0.05) is 30.4 Å². The minimum atomic E-state index is 0.489. The molecule has 3 nitrogen and oxygen atoms in total. The lowest BCUT2D eigenvalue weighted by Gasteiger charge is -2.08. The molecular formula is C14H16N2O. The normalized spacial score (nSPS) is 11.2. The maximum absolute atomic E-state index is 5.74. The van der Waals surface area contributed by atoms with Crippen LogP contribution in [0.4, 0.5) is 0 Å². The van der Waals surface area contributed by atoms with Gasteiger partial charge in [-0.05, 0) is 18.6 Å². The Bertz CT molecular complexity index is 535. The summed E-state index contributed by atoms with van der Waals surface area (Å²) in [7, 11) is 0. The number of pyridine rings is 1. The third kappa shape index (κ3) is 2.63. The van der Waals surface area contributed by atoms with Gasteiger partial charge in [0, 0.05) is 18.0 Å². The standard InChI is InChI=1S/C14H16N2O/c1-2-3-8-17-14-9-11(10-15)12-6-4-5-7-13(12)16-14/h2-7,9H,8,10,15H2,1H3. The summed E-state index contributed by atoms with van der Waals surface area (Å²) < 4.78 is 5.54. The molecule has 0 atom stereocenters. The second kappa shape index (κ2) is 5.46. The minimum Gasteiger partial charge on any atom is -0.473 e. The smallest absolute Gasteiger partial charge is 0.214 e. The van der Waals surface area contributed by atoms with Crippen LogP contribution in [0.25, 0.3) is 10.9 Å². The molecule has 17 heavy (non-hydrogen) atoms. The molecule has 0 aliphatic heterocycles. The highest BCUT2D eigenvalue weighted by molar-refractivity contribution is 5.82. The van der Waals surface area contributed by atoms with Crippen molar-refractivity contribution in [1.82, 2.24) is 4.98 Å². The molecular weight excluding hydrogens is 212 g/mol. The molecule has 1 heterocycles. The number of rotatable bonds is 4. The molecule has 1 aromatic carbocycles. The van der Waals surface area contributed by atoms with E-state index in [9.17, 15) is 0 Å². The lowest BCUT2D eigenvalue weighted by Crippen LogP contribution is -2.02. The maximum atomic E-state index is 5.74. The van der Waals surface area contributed by atoms with Crippen molar-refractivity contribution in [2.45, 2.75) is 13.5 Å². The lowest BCUT2D eigenvalue weighted by atomic mass is 10.1. The molecule has 0 spiro atoms. The van der Waals surface area contributed by atoms with E-state index >= 15 is 0 Å². The summed E-state index contributed by atoms with van der Waals surface area (Å²) in [6.07, 6.45) is 3.89. The third-order valence-electron chi connectivity index (χ3n) is 2.56. The Morgan fingerprint density at radius 2 is 2.18 bits per heavy atom. The average Bonchev–Trinajstić information content (AvgIpc) is 2.38. The zero-order valence-corrected chi connectivity index (χ0v) is 9.89. The molecule has 0 amide bonds. The molecule has 88 valence electrons. The first-order chi connectivity index (χ1) is 8.35. The molecule has 2 N–H and O–H groups in total. The number of nitrogens with zero attached hydrogens (tertiary/aromatic N) is 1. The first-order valence-electron chi connectivity index (χ1n) is 5.68. The zero-order chi connectivity index (χ0) is 12.1. The Labute approximate surface area is 101 Å². The fraction of sp³-hybridized carbons (Fsp3) is 0.214. The number of hydrogen-bond donors (Lipinski definition) is 1. The molecule has 0 saturated carbocycles. The molecule has 0 saturated heterocycles. The minimum absolute atomic E-state index is 0.489. The Hall–Kier alpha value is -1.87. The number of benzene rings is 1. The molecule has 2 aromatic rings. The van der Waals surface area contributed by atoms with Crippen molar-refractivity contribution in [2.75, 3.05) is 6.61 Å². The zero-order valence-electron chi connectivity index (χ0n) is 9.89. The molecule has 0 bridgehead atoms. The van der Waals surface area contributed by atoms with Crippen molar-refractivity contribution in [1.29, 1.82) is 0 Å². The summed E-state index contributed by atoms with van der Waals surface area (Å²) in [6, 6.07) is 9.86. The van der Waals surface area contributed by atoms with Crippen molar-refractivity contribution >= 4 is 10.9 Å². The van der Waals surface area contributed by atoms with Gasteiger partial charge in [0.05, 0.1) is 5.52 Å². The highest BCUT2D eigenvalue weighted by atomic mass is 16.5. The third-order valence-corrected chi connectivity index (χ3v) is 2.56. The maximum Gasteiger partial charge on any atom is 0.214 e. The van der Waals surface area contributed by atoms with Crippen LogP contribution in [0.3, 0.4) is 0 Å². The van der Waals surface area contributed by atoms with E-state index in [1.807, 2.05) is 49.4 Å². The van der Waals surface area contributed by atoms with E-state index in [-0.39, 0.29) is 0 Å². The van der Waals surface area contributed by atoms with Crippen LogP contribution in [-0.2, 0) is 6.54 Å². The lowest BCUT2D eigenvalue weighted by molar-refractivity contribution is 0.349. The molecule has 0 aliphatic carbocycles. The van der Waals surface area contributed by atoms with Crippen LogP contribution in [0, 0.1) is 0 Å². The topological polar surface area (TPSA) is 48.1 Å². The number of nitrogens with two attached hydrogens (primary N) is 1. The van der Waals surface area contributed by atoms with Crippen LogP contribution in [0.5, 0.6) is 5.88 Å². The molecule has 0 fully saturated rings. The molecule has 0 unspecified atom stereocenters. The Morgan fingerprint density at radius 3 is 2.94 bits per heavy atom. The van der Waals surface area contributed by atoms with Gasteiger partial charge in [0.2, 0.25) is 5.88 Å². The molecule has 1 aromatic heterocycles. The van der Waals surface area contributed by atoms with E-state index < -0.39 is 0 Å². The molecule has 0 aliphatic rings. The molecule has 3 heteroatoms. The largest absolute Gasteiger partial charge is 0.473 e.